The minimum absolute atomic E-state index is 0.0621. The molecule has 0 unspecified atom stereocenters. The van der Waals surface area contributed by atoms with E-state index in [2.05, 4.69) is 10.3 Å². The quantitative estimate of drug-likeness (QED) is 0.651. The number of amides is 1. The van der Waals surface area contributed by atoms with E-state index in [9.17, 15) is 9.90 Å². The highest BCUT2D eigenvalue weighted by Gasteiger charge is 2.30. The molecule has 2 heterocycles. The van der Waals surface area contributed by atoms with Crippen molar-refractivity contribution in [3.63, 3.8) is 0 Å². The first-order chi connectivity index (χ1) is 14.8. The van der Waals surface area contributed by atoms with Crippen molar-refractivity contribution in [3.8, 4) is 11.5 Å². The number of aliphatic hydroxyl groups is 1. The summed E-state index contributed by atoms with van der Waals surface area (Å²) in [5.74, 6) is 1.40. The third-order valence-electron chi connectivity index (χ3n) is 4.69. The van der Waals surface area contributed by atoms with Crippen LogP contribution in [0.25, 0.3) is 10.9 Å². The van der Waals surface area contributed by atoms with Crippen LogP contribution in [0.3, 0.4) is 0 Å². The Balaban J connectivity index is 1.67. The van der Waals surface area contributed by atoms with Crippen LogP contribution in [0, 0.1) is 0 Å². The SMILES string of the molecule is COc1ccc2nccc(OC[C@@H]3C=C[C@@H](NC(=O)OC(C)(C)C)[C@@H](CCO)O3)c2c1. The molecule has 3 atom stereocenters. The molecule has 0 saturated carbocycles. The number of aromatic nitrogens is 1. The topological polar surface area (TPSA) is 99.1 Å². The number of fused-ring (bicyclic) bond motifs is 1. The van der Waals surface area contributed by atoms with Gasteiger partial charge in [0.15, 0.2) is 0 Å². The third kappa shape index (κ3) is 6.32. The summed E-state index contributed by atoms with van der Waals surface area (Å²) in [6.07, 6.45) is 4.51. The van der Waals surface area contributed by atoms with Gasteiger partial charge >= 0.3 is 6.09 Å². The Morgan fingerprint density at radius 3 is 2.77 bits per heavy atom. The van der Waals surface area contributed by atoms with Crippen LogP contribution in [0.5, 0.6) is 11.5 Å². The number of carbonyl (C=O) groups excluding carboxylic acids is 1. The number of nitrogens with one attached hydrogen (secondary N) is 1. The van der Waals surface area contributed by atoms with E-state index >= 15 is 0 Å². The van der Waals surface area contributed by atoms with Crippen molar-refractivity contribution in [2.24, 2.45) is 0 Å². The normalized spacial score (nSPS) is 21.0. The highest BCUT2D eigenvalue weighted by molar-refractivity contribution is 5.86. The molecule has 168 valence electrons. The highest BCUT2D eigenvalue weighted by Crippen LogP contribution is 2.28. The average molecular weight is 431 g/mol. The van der Waals surface area contributed by atoms with Gasteiger partial charge in [-0.25, -0.2) is 4.79 Å². The Labute approximate surface area is 182 Å². The van der Waals surface area contributed by atoms with Gasteiger partial charge in [0.1, 0.15) is 29.8 Å². The van der Waals surface area contributed by atoms with Gasteiger partial charge in [-0.2, -0.15) is 0 Å². The van der Waals surface area contributed by atoms with Gasteiger partial charge in [0, 0.05) is 18.2 Å². The molecular weight excluding hydrogens is 400 g/mol. The summed E-state index contributed by atoms with van der Waals surface area (Å²) < 4.78 is 22.7. The van der Waals surface area contributed by atoms with E-state index in [4.69, 9.17) is 18.9 Å². The van der Waals surface area contributed by atoms with Crippen LogP contribution in [0.4, 0.5) is 4.79 Å². The van der Waals surface area contributed by atoms with Crippen molar-refractivity contribution in [2.45, 2.75) is 51.0 Å². The summed E-state index contributed by atoms with van der Waals surface area (Å²) in [5, 5.41) is 13.1. The van der Waals surface area contributed by atoms with E-state index in [0.717, 1.165) is 16.7 Å². The number of rotatable bonds is 7. The van der Waals surface area contributed by atoms with Gasteiger partial charge in [0.25, 0.3) is 0 Å². The number of nitrogens with zero attached hydrogens (tertiary/aromatic N) is 1. The molecule has 0 saturated heterocycles. The van der Waals surface area contributed by atoms with Gasteiger partial charge in [0.05, 0.1) is 24.8 Å². The minimum atomic E-state index is -0.595. The van der Waals surface area contributed by atoms with Crippen molar-refractivity contribution in [2.75, 3.05) is 20.3 Å². The van der Waals surface area contributed by atoms with Crippen LogP contribution >= 0.6 is 0 Å². The van der Waals surface area contributed by atoms with Crippen molar-refractivity contribution >= 4 is 17.0 Å². The molecule has 2 aromatic rings. The summed E-state index contributed by atoms with van der Waals surface area (Å²) in [7, 11) is 1.61. The van der Waals surface area contributed by atoms with Crippen LogP contribution in [0.15, 0.2) is 42.6 Å². The second-order valence-electron chi connectivity index (χ2n) is 8.29. The van der Waals surface area contributed by atoms with Crippen LogP contribution in [0.1, 0.15) is 27.2 Å². The maximum atomic E-state index is 12.1. The fourth-order valence-electron chi connectivity index (χ4n) is 3.30. The minimum Gasteiger partial charge on any atom is -0.497 e. The van der Waals surface area contributed by atoms with Gasteiger partial charge in [-0.3, -0.25) is 4.98 Å². The molecule has 2 N–H and O–H groups in total. The summed E-state index contributed by atoms with van der Waals surface area (Å²) in [4.78, 5) is 16.5. The zero-order chi connectivity index (χ0) is 22.4. The van der Waals surface area contributed by atoms with Crippen molar-refractivity contribution in [1.29, 1.82) is 0 Å². The van der Waals surface area contributed by atoms with E-state index in [0.29, 0.717) is 12.2 Å². The molecule has 0 bridgehead atoms. The maximum absolute atomic E-state index is 12.1. The van der Waals surface area contributed by atoms with Gasteiger partial charge < -0.3 is 29.4 Å². The number of ether oxygens (including phenoxy) is 4. The number of hydrogen-bond acceptors (Lipinski definition) is 7. The fraction of sp³-hybridized carbons (Fsp3) is 0.478. The Hall–Kier alpha value is -2.84. The average Bonchev–Trinajstić information content (AvgIpc) is 2.72. The maximum Gasteiger partial charge on any atom is 0.408 e. The van der Waals surface area contributed by atoms with E-state index in [1.54, 1.807) is 40.1 Å². The molecule has 8 nitrogen and oxygen atoms in total. The van der Waals surface area contributed by atoms with Gasteiger partial charge in [0.2, 0.25) is 0 Å². The lowest BCUT2D eigenvalue weighted by Crippen LogP contribution is -2.49. The lowest BCUT2D eigenvalue weighted by atomic mass is 10.0. The number of methoxy groups -OCH3 is 1. The molecular formula is C23H30N2O6. The first kappa shape index (κ1) is 22.8. The van der Waals surface area contributed by atoms with E-state index in [1.165, 1.54) is 0 Å². The smallest absolute Gasteiger partial charge is 0.408 e. The van der Waals surface area contributed by atoms with E-state index in [1.807, 2.05) is 30.4 Å². The first-order valence-electron chi connectivity index (χ1n) is 10.3. The number of carbonyl (C=O) groups is 1. The van der Waals surface area contributed by atoms with Crippen LogP contribution in [-0.2, 0) is 9.47 Å². The van der Waals surface area contributed by atoms with Crippen LogP contribution < -0.4 is 14.8 Å². The number of hydrogen-bond donors (Lipinski definition) is 2. The predicted molar refractivity (Wildman–Crippen MR) is 116 cm³/mol. The first-order valence-corrected chi connectivity index (χ1v) is 10.3. The second-order valence-corrected chi connectivity index (χ2v) is 8.29. The lowest BCUT2D eigenvalue weighted by Gasteiger charge is -2.33. The van der Waals surface area contributed by atoms with Gasteiger partial charge in [-0.15, -0.1) is 0 Å². The van der Waals surface area contributed by atoms with E-state index in [-0.39, 0.29) is 19.3 Å². The number of alkyl carbamates (subject to hydrolysis) is 1. The molecule has 8 heteroatoms. The third-order valence-corrected chi connectivity index (χ3v) is 4.69. The predicted octanol–water partition coefficient (Wildman–Crippen LogP) is 3.22. The Kier molecular flexibility index (Phi) is 7.35. The molecule has 1 amide bonds. The zero-order valence-electron chi connectivity index (χ0n) is 18.3. The Bertz CT molecular complexity index is 924. The summed E-state index contributed by atoms with van der Waals surface area (Å²) in [6.45, 7) is 5.62. The molecule has 0 spiro atoms. The molecule has 1 aromatic carbocycles. The van der Waals surface area contributed by atoms with Gasteiger partial charge in [-0.1, -0.05) is 12.2 Å². The molecule has 1 aromatic heterocycles. The molecule has 0 fully saturated rings. The van der Waals surface area contributed by atoms with Crippen molar-refractivity contribution in [1.82, 2.24) is 10.3 Å². The number of aliphatic hydroxyl groups excluding tert-OH is 1. The summed E-state index contributed by atoms with van der Waals surface area (Å²) >= 11 is 0. The summed E-state index contributed by atoms with van der Waals surface area (Å²) in [5.41, 5.74) is 0.209. The van der Waals surface area contributed by atoms with Crippen molar-refractivity contribution < 1.29 is 28.8 Å². The Morgan fingerprint density at radius 2 is 2.06 bits per heavy atom. The largest absolute Gasteiger partial charge is 0.497 e. The standard InChI is InChI=1S/C23H30N2O6/c1-23(2,3)31-22(27)25-19-8-6-16(30-21(19)10-12-26)14-29-20-9-11-24-18-7-5-15(28-4)13-17(18)20/h5-9,11,13,16,19,21,26H,10,12,14H2,1-4H3,(H,25,27)/t16-,19+,21+/m0/s1. The lowest BCUT2D eigenvalue weighted by molar-refractivity contribution is -0.0400. The van der Waals surface area contributed by atoms with Gasteiger partial charge in [-0.05, 0) is 51.5 Å². The Morgan fingerprint density at radius 1 is 1.26 bits per heavy atom. The molecule has 0 aliphatic carbocycles. The van der Waals surface area contributed by atoms with Crippen molar-refractivity contribution in [3.05, 3.63) is 42.6 Å². The molecule has 3 rings (SSSR count). The van der Waals surface area contributed by atoms with Crippen LogP contribution in [-0.4, -0.2) is 60.4 Å². The van der Waals surface area contributed by atoms with E-state index < -0.39 is 23.8 Å². The molecule has 1 aliphatic heterocycles. The molecule has 1 aliphatic rings. The molecule has 31 heavy (non-hydrogen) atoms. The number of benzene rings is 1. The monoisotopic (exact) mass is 430 g/mol. The fourth-order valence-corrected chi connectivity index (χ4v) is 3.30. The van der Waals surface area contributed by atoms with Crippen LogP contribution in [0.2, 0.25) is 0 Å². The second kappa shape index (κ2) is 9.98. The summed E-state index contributed by atoms with van der Waals surface area (Å²) in [6, 6.07) is 7.01. The number of pyridine rings is 1. The molecule has 0 radical (unpaired) electrons. The highest BCUT2D eigenvalue weighted by atomic mass is 16.6. The zero-order valence-corrected chi connectivity index (χ0v) is 18.3.